The summed E-state index contributed by atoms with van der Waals surface area (Å²) in [5.74, 6) is 0.491. The molecule has 1 atom stereocenters. The van der Waals surface area contributed by atoms with Gasteiger partial charge in [-0.1, -0.05) is 6.07 Å². The van der Waals surface area contributed by atoms with Gasteiger partial charge in [-0.05, 0) is 19.4 Å². The van der Waals surface area contributed by atoms with Gasteiger partial charge in [-0.15, -0.1) is 0 Å². The SMILES string of the molecule is Cc1cccc(=O)n1CCNC1CCS(=O)(=O)C1. The third-order valence-corrected chi connectivity index (χ3v) is 5.04. The molecule has 100 valence electrons. The fourth-order valence-electron chi connectivity index (χ4n) is 2.25. The van der Waals surface area contributed by atoms with E-state index in [9.17, 15) is 13.2 Å². The van der Waals surface area contributed by atoms with Gasteiger partial charge in [-0.25, -0.2) is 8.42 Å². The summed E-state index contributed by atoms with van der Waals surface area (Å²) in [6.07, 6.45) is 0.672. The van der Waals surface area contributed by atoms with E-state index in [1.54, 1.807) is 10.6 Å². The first-order valence-corrected chi connectivity index (χ1v) is 7.90. The van der Waals surface area contributed by atoms with Crippen LogP contribution in [-0.4, -0.2) is 37.1 Å². The highest BCUT2D eigenvalue weighted by atomic mass is 32.2. The molecule has 18 heavy (non-hydrogen) atoms. The van der Waals surface area contributed by atoms with Gasteiger partial charge in [-0.3, -0.25) is 4.79 Å². The predicted octanol–water partition coefficient (Wildman–Crippen LogP) is -0.0666. The molecule has 2 rings (SSSR count). The fourth-order valence-corrected chi connectivity index (χ4v) is 3.95. The lowest BCUT2D eigenvalue weighted by molar-refractivity contribution is 0.510. The van der Waals surface area contributed by atoms with E-state index in [0.29, 0.717) is 19.5 Å². The molecule has 1 fully saturated rings. The Labute approximate surface area is 107 Å². The molecule has 0 amide bonds. The van der Waals surface area contributed by atoms with Crippen LogP contribution < -0.4 is 10.9 Å². The lowest BCUT2D eigenvalue weighted by atomic mass is 10.2. The number of pyridine rings is 1. The largest absolute Gasteiger partial charge is 0.312 e. The third-order valence-electron chi connectivity index (χ3n) is 3.27. The van der Waals surface area contributed by atoms with Gasteiger partial charge in [0.15, 0.2) is 9.84 Å². The maximum absolute atomic E-state index is 11.6. The first-order valence-electron chi connectivity index (χ1n) is 6.08. The Morgan fingerprint density at radius 1 is 1.44 bits per heavy atom. The topological polar surface area (TPSA) is 68.2 Å². The van der Waals surface area contributed by atoms with Crippen LogP contribution in [0.3, 0.4) is 0 Å². The molecule has 0 aliphatic carbocycles. The molecular formula is C12H18N2O3S. The van der Waals surface area contributed by atoms with Crippen LogP contribution in [0.4, 0.5) is 0 Å². The standard InChI is InChI=1S/C12H18N2O3S/c1-10-3-2-4-12(15)14(10)7-6-13-11-5-8-18(16,17)9-11/h2-4,11,13H,5-9H2,1H3. The Morgan fingerprint density at radius 3 is 2.83 bits per heavy atom. The molecule has 5 nitrogen and oxygen atoms in total. The van der Waals surface area contributed by atoms with Gasteiger partial charge in [0.2, 0.25) is 0 Å². The number of aromatic nitrogens is 1. The van der Waals surface area contributed by atoms with Crippen LogP contribution in [0.25, 0.3) is 0 Å². The minimum Gasteiger partial charge on any atom is -0.312 e. The third kappa shape index (κ3) is 3.20. The second-order valence-electron chi connectivity index (χ2n) is 4.71. The van der Waals surface area contributed by atoms with Gasteiger partial charge in [0.05, 0.1) is 11.5 Å². The second-order valence-corrected chi connectivity index (χ2v) is 6.94. The number of nitrogens with zero attached hydrogens (tertiary/aromatic N) is 1. The Hall–Kier alpha value is -1.14. The van der Waals surface area contributed by atoms with E-state index in [1.807, 2.05) is 13.0 Å². The van der Waals surface area contributed by atoms with E-state index < -0.39 is 9.84 Å². The molecule has 0 bridgehead atoms. The van der Waals surface area contributed by atoms with Crippen LogP contribution in [0, 0.1) is 6.92 Å². The van der Waals surface area contributed by atoms with Crippen molar-refractivity contribution in [3.8, 4) is 0 Å². The predicted molar refractivity (Wildman–Crippen MR) is 70.5 cm³/mol. The van der Waals surface area contributed by atoms with Gasteiger partial charge in [0.1, 0.15) is 0 Å². The first kappa shape index (κ1) is 13.3. The Balaban J connectivity index is 1.88. The summed E-state index contributed by atoms with van der Waals surface area (Å²) >= 11 is 0. The van der Waals surface area contributed by atoms with Gasteiger partial charge in [0, 0.05) is 30.9 Å². The average Bonchev–Trinajstić information content (AvgIpc) is 2.63. The van der Waals surface area contributed by atoms with Crippen LogP contribution in [0.1, 0.15) is 12.1 Å². The average molecular weight is 270 g/mol. The summed E-state index contributed by atoms with van der Waals surface area (Å²) in [7, 11) is -2.84. The molecule has 6 heteroatoms. The summed E-state index contributed by atoms with van der Waals surface area (Å²) in [6.45, 7) is 3.08. The molecule has 0 radical (unpaired) electrons. The highest BCUT2D eigenvalue weighted by Crippen LogP contribution is 2.10. The first-order chi connectivity index (χ1) is 8.48. The lowest BCUT2D eigenvalue weighted by Crippen LogP contribution is -2.35. The normalized spacial score (nSPS) is 22.2. The highest BCUT2D eigenvalue weighted by molar-refractivity contribution is 7.91. The molecule has 1 N–H and O–H groups in total. The van der Waals surface area contributed by atoms with E-state index in [2.05, 4.69) is 5.32 Å². The summed E-state index contributed by atoms with van der Waals surface area (Å²) < 4.78 is 24.3. The molecule has 1 aromatic heterocycles. The van der Waals surface area contributed by atoms with Gasteiger partial charge in [0.25, 0.3) is 5.56 Å². The van der Waals surface area contributed by atoms with Gasteiger partial charge < -0.3 is 9.88 Å². The summed E-state index contributed by atoms with van der Waals surface area (Å²) in [5.41, 5.74) is 0.902. The summed E-state index contributed by atoms with van der Waals surface area (Å²) in [6, 6.07) is 5.20. The molecule has 1 saturated heterocycles. The number of nitrogens with one attached hydrogen (secondary N) is 1. The van der Waals surface area contributed by atoms with E-state index in [-0.39, 0.29) is 23.1 Å². The lowest BCUT2D eigenvalue weighted by Gasteiger charge is -2.13. The van der Waals surface area contributed by atoms with E-state index >= 15 is 0 Å². The minimum atomic E-state index is -2.84. The molecule has 2 heterocycles. The Kier molecular flexibility index (Phi) is 3.87. The van der Waals surface area contributed by atoms with Crippen molar-refractivity contribution in [3.63, 3.8) is 0 Å². The van der Waals surface area contributed by atoms with Crippen LogP contribution in [0.15, 0.2) is 23.0 Å². The number of rotatable bonds is 4. The van der Waals surface area contributed by atoms with Crippen LogP contribution >= 0.6 is 0 Å². The minimum absolute atomic E-state index is 0.0177. The van der Waals surface area contributed by atoms with E-state index in [4.69, 9.17) is 0 Å². The zero-order valence-corrected chi connectivity index (χ0v) is 11.2. The number of aryl methyl sites for hydroxylation is 1. The van der Waals surface area contributed by atoms with Crippen molar-refractivity contribution in [3.05, 3.63) is 34.2 Å². The molecule has 1 aliphatic heterocycles. The van der Waals surface area contributed by atoms with Crippen molar-refractivity contribution in [1.29, 1.82) is 0 Å². The van der Waals surface area contributed by atoms with Crippen molar-refractivity contribution >= 4 is 9.84 Å². The van der Waals surface area contributed by atoms with E-state index in [0.717, 1.165) is 5.69 Å². The molecule has 1 aliphatic rings. The van der Waals surface area contributed by atoms with Crippen molar-refractivity contribution in [2.45, 2.75) is 25.9 Å². The van der Waals surface area contributed by atoms with Crippen LogP contribution in [0.5, 0.6) is 0 Å². The monoisotopic (exact) mass is 270 g/mol. The number of sulfone groups is 1. The zero-order valence-electron chi connectivity index (χ0n) is 10.4. The molecule has 1 unspecified atom stereocenters. The second kappa shape index (κ2) is 5.24. The number of hydrogen-bond acceptors (Lipinski definition) is 4. The molecule has 0 aromatic carbocycles. The van der Waals surface area contributed by atoms with Crippen molar-refractivity contribution in [1.82, 2.24) is 9.88 Å². The van der Waals surface area contributed by atoms with Crippen molar-refractivity contribution < 1.29 is 8.42 Å². The Bertz CT molecular complexity index is 577. The van der Waals surface area contributed by atoms with Gasteiger partial charge >= 0.3 is 0 Å². The van der Waals surface area contributed by atoms with Crippen LogP contribution in [0.2, 0.25) is 0 Å². The summed E-state index contributed by atoms with van der Waals surface area (Å²) in [4.78, 5) is 11.6. The zero-order chi connectivity index (χ0) is 13.2. The van der Waals surface area contributed by atoms with Crippen molar-refractivity contribution in [2.24, 2.45) is 0 Å². The molecule has 1 aromatic rings. The highest BCUT2D eigenvalue weighted by Gasteiger charge is 2.26. The number of hydrogen-bond donors (Lipinski definition) is 1. The smallest absolute Gasteiger partial charge is 0.250 e. The van der Waals surface area contributed by atoms with E-state index in [1.165, 1.54) is 6.07 Å². The molecule has 0 spiro atoms. The molecular weight excluding hydrogens is 252 g/mol. The van der Waals surface area contributed by atoms with Crippen molar-refractivity contribution in [2.75, 3.05) is 18.1 Å². The maximum atomic E-state index is 11.6. The quantitative estimate of drug-likeness (QED) is 0.832. The van der Waals surface area contributed by atoms with Gasteiger partial charge in [-0.2, -0.15) is 0 Å². The summed E-state index contributed by atoms with van der Waals surface area (Å²) in [5, 5.41) is 3.20. The molecule has 0 saturated carbocycles. The Morgan fingerprint density at radius 2 is 2.22 bits per heavy atom. The fraction of sp³-hybridized carbons (Fsp3) is 0.583. The maximum Gasteiger partial charge on any atom is 0.250 e. The van der Waals surface area contributed by atoms with Crippen LogP contribution in [-0.2, 0) is 16.4 Å².